The van der Waals surface area contributed by atoms with Gasteiger partial charge in [-0.15, -0.1) is 0 Å². The molecule has 96 valence electrons. The molecular weight excluding hydrogens is 228 g/mol. The first-order chi connectivity index (χ1) is 8.72. The summed E-state index contributed by atoms with van der Waals surface area (Å²) in [5, 5.41) is 10.2. The minimum atomic E-state index is -0.0702. The monoisotopic (exact) mass is 246 g/mol. The van der Waals surface area contributed by atoms with E-state index < -0.39 is 0 Å². The molecule has 0 fully saturated rings. The third kappa shape index (κ3) is 2.68. The number of rotatable bonds is 5. The molecule has 0 saturated carbocycles. The fourth-order valence-corrected chi connectivity index (χ4v) is 1.89. The molecular formula is C13H18N4O. The molecule has 0 bridgehead atoms. The third-order valence-electron chi connectivity index (χ3n) is 2.83. The van der Waals surface area contributed by atoms with Gasteiger partial charge < -0.3 is 10.6 Å². The predicted molar refractivity (Wildman–Crippen MR) is 70.6 cm³/mol. The number of nitrogens with zero attached hydrogens (tertiary/aromatic N) is 2. The van der Waals surface area contributed by atoms with E-state index in [4.69, 9.17) is 0 Å². The van der Waals surface area contributed by atoms with Gasteiger partial charge in [-0.05, 0) is 31.6 Å². The standard InChI is InChI=1S/C13H18N4O/c1-10(7-14-2)8-15-13(18)11-9-16-17-6-4-3-5-12(11)17/h3-6,9-10,14H,7-8H2,1-2H3,(H,15,18). The highest BCUT2D eigenvalue weighted by atomic mass is 16.1. The molecule has 2 N–H and O–H groups in total. The van der Waals surface area contributed by atoms with Crippen molar-refractivity contribution in [2.24, 2.45) is 5.92 Å². The first-order valence-corrected chi connectivity index (χ1v) is 6.07. The summed E-state index contributed by atoms with van der Waals surface area (Å²) in [6, 6.07) is 5.67. The molecule has 2 rings (SSSR count). The molecule has 0 saturated heterocycles. The van der Waals surface area contributed by atoms with Gasteiger partial charge >= 0.3 is 0 Å². The van der Waals surface area contributed by atoms with E-state index in [0.29, 0.717) is 18.0 Å². The smallest absolute Gasteiger partial charge is 0.255 e. The minimum Gasteiger partial charge on any atom is -0.352 e. The molecule has 0 spiro atoms. The van der Waals surface area contributed by atoms with Crippen LogP contribution < -0.4 is 10.6 Å². The number of pyridine rings is 1. The summed E-state index contributed by atoms with van der Waals surface area (Å²) in [4.78, 5) is 12.0. The molecule has 18 heavy (non-hydrogen) atoms. The van der Waals surface area contributed by atoms with Gasteiger partial charge in [0.1, 0.15) is 0 Å². The second kappa shape index (κ2) is 5.64. The van der Waals surface area contributed by atoms with Crippen LogP contribution >= 0.6 is 0 Å². The summed E-state index contributed by atoms with van der Waals surface area (Å²) >= 11 is 0. The molecule has 0 aliphatic carbocycles. The molecule has 0 aliphatic rings. The van der Waals surface area contributed by atoms with Gasteiger partial charge in [0.25, 0.3) is 5.91 Å². The minimum absolute atomic E-state index is 0.0702. The fourth-order valence-electron chi connectivity index (χ4n) is 1.89. The van der Waals surface area contributed by atoms with E-state index in [1.807, 2.05) is 31.4 Å². The van der Waals surface area contributed by atoms with Crippen LogP contribution in [0.2, 0.25) is 0 Å². The van der Waals surface area contributed by atoms with Crippen molar-refractivity contribution < 1.29 is 4.79 Å². The molecule has 5 nitrogen and oxygen atoms in total. The van der Waals surface area contributed by atoms with Gasteiger partial charge in [0.2, 0.25) is 0 Å². The Morgan fingerprint density at radius 2 is 2.28 bits per heavy atom. The Bertz CT molecular complexity index is 535. The number of amides is 1. The van der Waals surface area contributed by atoms with Gasteiger partial charge in [0, 0.05) is 12.7 Å². The Morgan fingerprint density at radius 1 is 1.44 bits per heavy atom. The van der Waals surface area contributed by atoms with Gasteiger partial charge in [-0.25, -0.2) is 4.52 Å². The van der Waals surface area contributed by atoms with Gasteiger partial charge in [0.05, 0.1) is 17.3 Å². The molecule has 2 heterocycles. The van der Waals surface area contributed by atoms with Crippen molar-refractivity contribution in [3.8, 4) is 0 Å². The molecule has 0 radical (unpaired) electrons. The lowest BCUT2D eigenvalue weighted by Gasteiger charge is -2.11. The number of aromatic nitrogens is 2. The van der Waals surface area contributed by atoms with Crippen molar-refractivity contribution in [1.29, 1.82) is 0 Å². The summed E-state index contributed by atoms with van der Waals surface area (Å²) in [6.45, 7) is 3.63. The van der Waals surface area contributed by atoms with Crippen molar-refractivity contribution in [3.05, 3.63) is 36.2 Å². The summed E-state index contributed by atoms with van der Waals surface area (Å²) in [6.07, 6.45) is 3.43. The third-order valence-corrected chi connectivity index (χ3v) is 2.83. The summed E-state index contributed by atoms with van der Waals surface area (Å²) < 4.78 is 1.70. The highest BCUT2D eigenvalue weighted by Crippen LogP contribution is 2.09. The van der Waals surface area contributed by atoms with Gasteiger partial charge in [0.15, 0.2) is 0 Å². The van der Waals surface area contributed by atoms with Crippen LogP contribution in [0.5, 0.6) is 0 Å². The zero-order valence-electron chi connectivity index (χ0n) is 10.7. The van der Waals surface area contributed by atoms with Crippen LogP contribution in [0.4, 0.5) is 0 Å². The molecule has 0 aromatic carbocycles. The lowest BCUT2D eigenvalue weighted by molar-refractivity contribution is 0.0949. The Labute approximate surface area is 106 Å². The maximum atomic E-state index is 12.0. The van der Waals surface area contributed by atoms with E-state index in [1.165, 1.54) is 0 Å². The van der Waals surface area contributed by atoms with E-state index in [2.05, 4.69) is 22.7 Å². The molecule has 1 atom stereocenters. The van der Waals surface area contributed by atoms with E-state index >= 15 is 0 Å². The zero-order chi connectivity index (χ0) is 13.0. The van der Waals surface area contributed by atoms with Crippen molar-refractivity contribution in [2.75, 3.05) is 20.1 Å². The maximum absolute atomic E-state index is 12.0. The highest BCUT2D eigenvalue weighted by molar-refractivity contribution is 6.00. The molecule has 0 aliphatic heterocycles. The fraction of sp³-hybridized carbons (Fsp3) is 0.385. The number of fused-ring (bicyclic) bond motifs is 1. The van der Waals surface area contributed by atoms with Crippen LogP contribution in [0.3, 0.4) is 0 Å². The lowest BCUT2D eigenvalue weighted by Crippen LogP contribution is -2.32. The normalized spacial score (nSPS) is 12.6. The molecule has 5 heteroatoms. The van der Waals surface area contributed by atoms with E-state index in [9.17, 15) is 4.79 Å². The largest absolute Gasteiger partial charge is 0.352 e. The average molecular weight is 246 g/mol. The van der Waals surface area contributed by atoms with Crippen LogP contribution in [-0.4, -0.2) is 35.7 Å². The zero-order valence-corrected chi connectivity index (χ0v) is 10.7. The Morgan fingerprint density at radius 3 is 3.06 bits per heavy atom. The molecule has 1 amide bonds. The Hall–Kier alpha value is -1.88. The number of hydrogen-bond donors (Lipinski definition) is 2. The van der Waals surface area contributed by atoms with E-state index in [0.717, 1.165) is 12.1 Å². The topological polar surface area (TPSA) is 58.4 Å². The van der Waals surface area contributed by atoms with Gasteiger partial charge in [-0.1, -0.05) is 13.0 Å². The maximum Gasteiger partial charge on any atom is 0.255 e. The van der Waals surface area contributed by atoms with Gasteiger partial charge in [-0.2, -0.15) is 5.10 Å². The van der Waals surface area contributed by atoms with Crippen LogP contribution in [0, 0.1) is 5.92 Å². The molecule has 2 aromatic rings. The van der Waals surface area contributed by atoms with Gasteiger partial charge in [-0.3, -0.25) is 4.79 Å². The van der Waals surface area contributed by atoms with Crippen LogP contribution in [0.15, 0.2) is 30.6 Å². The predicted octanol–water partition coefficient (Wildman–Crippen LogP) is 0.920. The number of carbonyl (C=O) groups is 1. The summed E-state index contributed by atoms with van der Waals surface area (Å²) in [7, 11) is 1.91. The first kappa shape index (κ1) is 12.6. The molecule has 2 aromatic heterocycles. The quantitative estimate of drug-likeness (QED) is 0.824. The van der Waals surface area contributed by atoms with E-state index in [-0.39, 0.29) is 5.91 Å². The van der Waals surface area contributed by atoms with E-state index in [1.54, 1.807) is 10.7 Å². The van der Waals surface area contributed by atoms with Crippen molar-refractivity contribution >= 4 is 11.4 Å². The summed E-state index contributed by atoms with van der Waals surface area (Å²) in [5.41, 5.74) is 1.45. The number of nitrogens with one attached hydrogen (secondary N) is 2. The SMILES string of the molecule is CNCC(C)CNC(=O)c1cnn2ccccc12. The van der Waals surface area contributed by atoms with Crippen molar-refractivity contribution in [2.45, 2.75) is 6.92 Å². The van der Waals surface area contributed by atoms with Crippen molar-refractivity contribution in [1.82, 2.24) is 20.2 Å². The Balaban J connectivity index is 2.05. The number of carbonyl (C=O) groups excluding carboxylic acids is 1. The van der Waals surface area contributed by atoms with Crippen LogP contribution in [0.25, 0.3) is 5.52 Å². The number of hydrogen-bond acceptors (Lipinski definition) is 3. The van der Waals surface area contributed by atoms with Crippen LogP contribution in [0.1, 0.15) is 17.3 Å². The average Bonchev–Trinajstić information content (AvgIpc) is 2.80. The molecule has 1 unspecified atom stereocenters. The summed E-state index contributed by atoms with van der Waals surface area (Å²) in [5.74, 6) is 0.333. The first-order valence-electron chi connectivity index (χ1n) is 6.07. The van der Waals surface area contributed by atoms with Crippen LogP contribution in [-0.2, 0) is 0 Å². The second-order valence-electron chi connectivity index (χ2n) is 4.46. The lowest BCUT2D eigenvalue weighted by atomic mass is 10.1. The van der Waals surface area contributed by atoms with Crippen molar-refractivity contribution in [3.63, 3.8) is 0 Å². The highest BCUT2D eigenvalue weighted by Gasteiger charge is 2.12. The Kier molecular flexibility index (Phi) is 3.94. The second-order valence-corrected chi connectivity index (χ2v) is 4.46.